The number of piperidine rings is 1. The monoisotopic (exact) mass is 589 g/mol. The fourth-order valence-electron chi connectivity index (χ4n) is 4.51. The molecule has 0 spiro atoms. The smallest absolute Gasteiger partial charge is 0.416 e. The third-order valence-corrected chi connectivity index (χ3v) is 7.68. The summed E-state index contributed by atoms with van der Waals surface area (Å²) < 4.78 is 70.4. The van der Waals surface area contributed by atoms with Gasteiger partial charge in [-0.2, -0.15) is 13.2 Å². The lowest BCUT2D eigenvalue weighted by Crippen LogP contribution is -2.38. The van der Waals surface area contributed by atoms with Crippen molar-refractivity contribution in [1.29, 1.82) is 5.41 Å². The van der Waals surface area contributed by atoms with Crippen molar-refractivity contribution in [2.45, 2.75) is 29.8 Å². The van der Waals surface area contributed by atoms with E-state index < -0.39 is 39.4 Å². The zero-order valence-electron chi connectivity index (χ0n) is 21.7. The maximum atomic E-state index is 13.9. The average molecular weight is 590 g/mol. The highest BCUT2D eigenvalue weighted by molar-refractivity contribution is 7.90. The van der Waals surface area contributed by atoms with Crippen molar-refractivity contribution in [1.82, 2.24) is 15.2 Å². The predicted octanol–water partition coefficient (Wildman–Crippen LogP) is 3.94. The molecule has 4 rings (SSSR count). The Hall–Kier alpha value is -4.46. The quantitative estimate of drug-likeness (QED) is 0.291. The molecule has 14 heteroatoms. The minimum absolute atomic E-state index is 0.0386. The number of halogens is 3. The minimum atomic E-state index is -4.71. The van der Waals surface area contributed by atoms with Gasteiger partial charge in [-0.3, -0.25) is 20.3 Å². The Kier molecular flexibility index (Phi) is 8.33. The Morgan fingerprint density at radius 1 is 1.05 bits per heavy atom. The Morgan fingerprint density at radius 2 is 1.68 bits per heavy atom. The number of nitrogens with two attached hydrogens (primary N) is 1. The van der Waals surface area contributed by atoms with Crippen LogP contribution >= 0.6 is 0 Å². The van der Waals surface area contributed by atoms with Crippen molar-refractivity contribution in [3.63, 3.8) is 0 Å². The summed E-state index contributed by atoms with van der Waals surface area (Å²) in [6.45, 7) is 0.441. The van der Waals surface area contributed by atoms with Crippen molar-refractivity contribution in [3.8, 4) is 11.6 Å². The number of sulfone groups is 1. The van der Waals surface area contributed by atoms with Gasteiger partial charge in [0.1, 0.15) is 5.75 Å². The summed E-state index contributed by atoms with van der Waals surface area (Å²) in [6.07, 6.45) is -1.71. The standard InChI is InChI=1S/C27H26F3N5O5S/c1-41(38,39)20-6-4-19(5-7-20)40-23-9-3-18(15-33-23)25(37)35-12-10-16(11-13-35)21-8-2-17(24(36)34-26(31)32)14-22(21)27(28,29)30/h2-9,14-16H,10-13H2,1H3,(H4,31,32,34,36). The van der Waals surface area contributed by atoms with Gasteiger partial charge in [0.2, 0.25) is 5.88 Å². The number of alkyl halides is 3. The van der Waals surface area contributed by atoms with E-state index in [4.69, 9.17) is 15.9 Å². The summed E-state index contributed by atoms with van der Waals surface area (Å²) in [6, 6.07) is 12.1. The van der Waals surface area contributed by atoms with Crippen molar-refractivity contribution >= 4 is 27.6 Å². The summed E-state index contributed by atoms with van der Waals surface area (Å²) in [5.41, 5.74) is 4.21. The van der Waals surface area contributed by atoms with Crippen LogP contribution in [0, 0.1) is 5.41 Å². The van der Waals surface area contributed by atoms with Crippen LogP contribution in [0.3, 0.4) is 0 Å². The van der Waals surface area contributed by atoms with E-state index in [0.29, 0.717) is 5.75 Å². The predicted molar refractivity (Wildman–Crippen MR) is 143 cm³/mol. The molecule has 2 amide bonds. The van der Waals surface area contributed by atoms with Crippen molar-refractivity contribution in [2.75, 3.05) is 19.3 Å². The molecule has 0 saturated carbocycles. The van der Waals surface area contributed by atoms with E-state index in [0.717, 1.165) is 12.3 Å². The summed E-state index contributed by atoms with van der Waals surface area (Å²) in [4.78, 5) is 30.9. The first-order valence-electron chi connectivity index (χ1n) is 12.3. The summed E-state index contributed by atoms with van der Waals surface area (Å²) in [5.74, 6) is -1.85. The van der Waals surface area contributed by atoms with Gasteiger partial charge in [0.15, 0.2) is 15.8 Å². The molecular formula is C27H26F3N5O5S. The average Bonchev–Trinajstić information content (AvgIpc) is 2.92. The number of nitrogens with zero attached hydrogens (tertiary/aromatic N) is 2. The van der Waals surface area contributed by atoms with Crippen LogP contribution in [0.25, 0.3) is 0 Å². The largest absolute Gasteiger partial charge is 0.439 e. The molecule has 216 valence electrons. The molecule has 2 heterocycles. The molecule has 0 radical (unpaired) electrons. The van der Waals surface area contributed by atoms with Crippen LogP contribution in [0.5, 0.6) is 11.6 Å². The summed E-state index contributed by atoms with van der Waals surface area (Å²) in [5, 5.41) is 9.08. The van der Waals surface area contributed by atoms with E-state index in [1.807, 2.05) is 5.32 Å². The van der Waals surface area contributed by atoms with Crippen LogP contribution in [0.2, 0.25) is 0 Å². The van der Waals surface area contributed by atoms with Crippen LogP contribution in [0.1, 0.15) is 50.6 Å². The molecule has 0 aliphatic carbocycles. The molecule has 2 aromatic carbocycles. The van der Waals surface area contributed by atoms with Crippen molar-refractivity contribution in [3.05, 3.63) is 83.0 Å². The number of rotatable bonds is 6. The molecule has 1 aliphatic heterocycles. The number of amides is 2. The number of aromatic nitrogens is 1. The molecule has 0 bridgehead atoms. The van der Waals surface area contributed by atoms with Crippen LogP contribution in [0.15, 0.2) is 65.7 Å². The topological polar surface area (TPSA) is 156 Å². The Morgan fingerprint density at radius 3 is 2.22 bits per heavy atom. The highest BCUT2D eigenvalue weighted by Crippen LogP contribution is 2.39. The lowest BCUT2D eigenvalue weighted by molar-refractivity contribution is -0.138. The number of likely N-dealkylation sites (tertiary alicyclic amines) is 1. The number of hydrogen-bond donors (Lipinski definition) is 3. The molecule has 0 unspecified atom stereocenters. The van der Waals surface area contributed by atoms with E-state index in [-0.39, 0.29) is 59.3 Å². The second-order valence-electron chi connectivity index (χ2n) is 9.46. The number of ether oxygens (including phenoxy) is 1. The number of nitrogens with one attached hydrogen (secondary N) is 2. The molecule has 1 saturated heterocycles. The lowest BCUT2D eigenvalue weighted by atomic mass is 9.85. The van der Waals surface area contributed by atoms with E-state index in [1.54, 1.807) is 4.90 Å². The second kappa shape index (κ2) is 11.6. The Balaban J connectivity index is 1.40. The molecule has 3 aromatic rings. The van der Waals surface area contributed by atoms with E-state index in [2.05, 4.69) is 4.98 Å². The molecule has 41 heavy (non-hydrogen) atoms. The van der Waals surface area contributed by atoms with Crippen LogP contribution in [0.4, 0.5) is 13.2 Å². The number of carbonyl (C=O) groups is 2. The van der Waals surface area contributed by atoms with Gasteiger partial charge >= 0.3 is 6.18 Å². The molecular weight excluding hydrogens is 563 g/mol. The first-order valence-corrected chi connectivity index (χ1v) is 14.2. The fourth-order valence-corrected chi connectivity index (χ4v) is 5.14. The molecule has 1 fully saturated rings. The van der Waals surface area contributed by atoms with E-state index in [9.17, 15) is 31.2 Å². The molecule has 1 aliphatic rings. The SMILES string of the molecule is CS(=O)(=O)c1ccc(Oc2ccc(C(=O)N3CCC(c4ccc(C(=O)NC(=N)N)cc4C(F)(F)F)CC3)cn2)cc1. The summed E-state index contributed by atoms with van der Waals surface area (Å²) in [7, 11) is -3.34. The number of carbonyl (C=O) groups excluding carboxylic acids is 2. The number of hydrogen-bond acceptors (Lipinski definition) is 7. The normalized spacial score (nSPS) is 14.4. The maximum Gasteiger partial charge on any atom is 0.416 e. The van der Waals surface area contributed by atoms with Gasteiger partial charge in [0.25, 0.3) is 11.8 Å². The Bertz CT molecular complexity index is 1570. The van der Waals surface area contributed by atoms with E-state index >= 15 is 0 Å². The van der Waals surface area contributed by atoms with Gasteiger partial charge in [-0.15, -0.1) is 0 Å². The number of pyridine rings is 1. The third kappa shape index (κ3) is 7.20. The molecule has 10 nitrogen and oxygen atoms in total. The van der Waals surface area contributed by atoms with Gasteiger partial charge < -0.3 is 15.4 Å². The van der Waals surface area contributed by atoms with Crippen molar-refractivity contribution < 1.29 is 35.9 Å². The van der Waals surface area contributed by atoms with Crippen LogP contribution < -0.4 is 15.8 Å². The fraction of sp³-hybridized carbons (Fsp3) is 0.259. The third-order valence-electron chi connectivity index (χ3n) is 6.55. The zero-order chi connectivity index (χ0) is 29.9. The summed E-state index contributed by atoms with van der Waals surface area (Å²) >= 11 is 0. The van der Waals surface area contributed by atoms with Gasteiger partial charge in [-0.1, -0.05) is 6.07 Å². The minimum Gasteiger partial charge on any atom is -0.439 e. The second-order valence-corrected chi connectivity index (χ2v) is 11.5. The lowest BCUT2D eigenvalue weighted by Gasteiger charge is -2.33. The molecule has 0 atom stereocenters. The van der Waals surface area contributed by atoms with Crippen molar-refractivity contribution in [2.24, 2.45) is 5.73 Å². The highest BCUT2D eigenvalue weighted by atomic mass is 32.2. The van der Waals surface area contributed by atoms with Gasteiger partial charge in [-0.25, -0.2) is 13.4 Å². The first kappa shape index (κ1) is 29.5. The van der Waals surface area contributed by atoms with E-state index in [1.165, 1.54) is 54.7 Å². The molecule has 4 N–H and O–H groups in total. The number of benzene rings is 2. The van der Waals surface area contributed by atoms with Crippen LogP contribution in [-0.4, -0.2) is 55.4 Å². The van der Waals surface area contributed by atoms with Gasteiger partial charge in [0.05, 0.1) is 16.0 Å². The molecule has 1 aromatic heterocycles. The highest BCUT2D eigenvalue weighted by Gasteiger charge is 2.37. The maximum absolute atomic E-state index is 13.9. The van der Waals surface area contributed by atoms with Crippen LogP contribution in [-0.2, 0) is 16.0 Å². The van der Waals surface area contributed by atoms with Gasteiger partial charge in [-0.05, 0) is 66.8 Å². The Labute approximate surface area is 233 Å². The van der Waals surface area contributed by atoms with Gasteiger partial charge in [0, 0.05) is 37.2 Å². The zero-order valence-corrected chi connectivity index (χ0v) is 22.6. The number of guanidine groups is 1. The first-order chi connectivity index (χ1) is 19.2.